The molecule has 0 saturated carbocycles. The Morgan fingerprint density at radius 2 is 2.33 bits per heavy atom. The van der Waals surface area contributed by atoms with Crippen LogP contribution in [0, 0.1) is 0 Å². The van der Waals surface area contributed by atoms with Crippen LogP contribution in [0.1, 0.15) is 6.04 Å². The standard InChI is InChI=1S/C8H11N3O/c9-7-2-1-3-11(8(7)12)6-4-10-5-6/h1-3,6,10H,4-5,9H2. The van der Waals surface area contributed by atoms with Gasteiger partial charge in [0.1, 0.15) is 0 Å². The Bertz CT molecular complexity index is 340. The van der Waals surface area contributed by atoms with Crippen LogP contribution in [0.3, 0.4) is 0 Å². The Balaban J connectivity index is 2.43. The molecule has 0 aliphatic carbocycles. The van der Waals surface area contributed by atoms with Gasteiger partial charge in [-0.1, -0.05) is 0 Å². The normalized spacial score (nSPS) is 17.3. The van der Waals surface area contributed by atoms with Crippen LogP contribution in [0.2, 0.25) is 0 Å². The number of nitrogen functional groups attached to an aromatic ring is 1. The monoisotopic (exact) mass is 165 g/mol. The van der Waals surface area contributed by atoms with E-state index in [1.54, 1.807) is 22.9 Å². The van der Waals surface area contributed by atoms with Gasteiger partial charge in [0.25, 0.3) is 5.56 Å². The summed E-state index contributed by atoms with van der Waals surface area (Å²) in [5.74, 6) is 0. The Hall–Kier alpha value is -1.29. The molecule has 0 bridgehead atoms. The first-order valence-corrected chi connectivity index (χ1v) is 3.96. The van der Waals surface area contributed by atoms with E-state index in [9.17, 15) is 4.79 Å². The van der Waals surface area contributed by atoms with Crippen LogP contribution in [0.15, 0.2) is 23.1 Å². The van der Waals surface area contributed by atoms with Crippen molar-refractivity contribution in [3.8, 4) is 0 Å². The fourth-order valence-electron chi connectivity index (χ4n) is 1.29. The van der Waals surface area contributed by atoms with Crippen molar-refractivity contribution >= 4 is 5.69 Å². The number of hydrogen-bond donors (Lipinski definition) is 2. The lowest BCUT2D eigenvalue weighted by molar-refractivity contribution is 0.336. The first-order valence-electron chi connectivity index (χ1n) is 3.96. The summed E-state index contributed by atoms with van der Waals surface area (Å²) in [6.07, 6.45) is 1.78. The summed E-state index contributed by atoms with van der Waals surface area (Å²) in [6.45, 7) is 1.73. The van der Waals surface area contributed by atoms with Crippen molar-refractivity contribution in [2.24, 2.45) is 0 Å². The fraction of sp³-hybridized carbons (Fsp3) is 0.375. The van der Waals surface area contributed by atoms with Crippen molar-refractivity contribution in [3.05, 3.63) is 28.7 Å². The van der Waals surface area contributed by atoms with Crippen LogP contribution < -0.4 is 16.6 Å². The molecule has 0 amide bonds. The number of nitrogens with zero attached hydrogens (tertiary/aromatic N) is 1. The highest BCUT2D eigenvalue weighted by Gasteiger charge is 2.19. The zero-order valence-electron chi connectivity index (χ0n) is 6.66. The summed E-state index contributed by atoms with van der Waals surface area (Å²) in [7, 11) is 0. The first kappa shape index (κ1) is 7.36. The molecule has 0 atom stereocenters. The molecule has 0 aromatic carbocycles. The molecule has 0 radical (unpaired) electrons. The van der Waals surface area contributed by atoms with E-state index in [-0.39, 0.29) is 5.56 Å². The van der Waals surface area contributed by atoms with Gasteiger partial charge in [-0.15, -0.1) is 0 Å². The van der Waals surface area contributed by atoms with Gasteiger partial charge < -0.3 is 15.6 Å². The SMILES string of the molecule is Nc1cccn(C2CNC2)c1=O. The summed E-state index contributed by atoms with van der Waals surface area (Å²) >= 11 is 0. The van der Waals surface area contributed by atoms with Crippen molar-refractivity contribution in [2.45, 2.75) is 6.04 Å². The van der Waals surface area contributed by atoms with E-state index < -0.39 is 0 Å². The minimum Gasteiger partial charge on any atom is -0.394 e. The molecule has 2 rings (SSSR count). The molecular weight excluding hydrogens is 154 g/mol. The van der Waals surface area contributed by atoms with Gasteiger partial charge in [0, 0.05) is 19.3 Å². The lowest BCUT2D eigenvalue weighted by Gasteiger charge is -2.28. The molecule has 64 valence electrons. The largest absolute Gasteiger partial charge is 0.394 e. The Morgan fingerprint density at radius 3 is 2.92 bits per heavy atom. The first-order chi connectivity index (χ1) is 5.79. The highest BCUT2D eigenvalue weighted by Crippen LogP contribution is 2.08. The fourth-order valence-corrected chi connectivity index (χ4v) is 1.29. The minimum atomic E-state index is -0.0796. The zero-order chi connectivity index (χ0) is 8.55. The third-order valence-corrected chi connectivity index (χ3v) is 2.16. The van der Waals surface area contributed by atoms with E-state index >= 15 is 0 Å². The maximum Gasteiger partial charge on any atom is 0.274 e. The molecule has 0 unspecified atom stereocenters. The molecule has 0 spiro atoms. The summed E-state index contributed by atoms with van der Waals surface area (Å²) < 4.78 is 1.69. The number of anilines is 1. The predicted octanol–water partition coefficient (Wildman–Crippen LogP) is -0.425. The molecule has 12 heavy (non-hydrogen) atoms. The van der Waals surface area contributed by atoms with Gasteiger partial charge in [0.15, 0.2) is 0 Å². The van der Waals surface area contributed by atoms with Crippen molar-refractivity contribution in [3.63, 3.8) is 0 Å². The van der Waals surface area contributed by atoms with Crippen molar-refractivity contribution < 1.29 is 0 Å². The number of nitrogens with two attached hydrogens (primary N) is 1. The molecule has 1 aromatic rings. The summed E-state index contributed by atoms with van der Waals surface area (Å²) in [5, 5.41) is 3.11. The molecule has 1 aliphatic heterocycles. The van der Waals surface area contributed by atoms with E-state index in [4.69, 9.17) is 5.73 Å². The van der Waals surface area contributed by atoms with E-state index in [0.717, 1.165) is 13.1 Å². The van der Waals surface area contributed by atoms with Crippen LogP contribution in [0.25, 0.3) is 0 Å². The second kappa shape index (κ2) is 2.64. The smallest absolute Gasteiger partial charge is 0.274 e. The lowest BCUT2D eigenvalue weighted by atomic mass is 10.2. The van der Waals surface area contributed by atoms with Gasteiger partial charge >= 0.3 is 0 Å². The topological polar surface area (TPSA) is 60.0 Å². The van der Waals surface area contributed by atoms with Crippen molar-refractivity contribution in [1.29, 1.82) is 0 Å². The van der Waals surface area contributed by atoms with E-state index in [1.807, 2.05) is 0 Å². The average Bonchev–Trinajstić information content (AvgIpc) is 1.95. The predicted molar refractivity (Wildman–Crippen MR) is 47.0 cm³/mol. The van der Waals surface area contributed by atoms with Gasteiger partial charge in [0.2, 0.25) is 0 Å². The maximum absolute atomic E-state index is 11.4. The van der Waals surface area contributed by atoms with Gasteiger partial charge in [-0.3, -0.25) is 4.79 Å². The zero-order valence-corrected chi connectivity index (χ0v) is 6.66. The quantitative estimate of drug-likeness (QED) is 0.594. The molecule has 4 heteroatoms. The number of pyridine rings is 1. The van der Waals surface area contributed by atoms with Gasteiger partial charge in [-0.25, -0.2) is 0 Å². The number of rotatable bonds is 1. The highest BCUT2D eigenvalue weighted by molar-refractivity contribution is 5.33. The van der Waals surface area contributed by atoms with Crippen molar-refractivity contribution in [2.75, 3.05) is 18.8 Å². The molecule has 2 heterocycles. The lowest BCUT2D eigenvalue weighted by Crippen LogP contribution is -2.46. The molecule has 1 fully saturated rings. The van der Waals surface area contributed by atoms with Crippen LogP contribution >= 0.6 is 0 Å². The average molecular weight is 165 g/mol. The van der Waals surface area contributed by atoms with Crippen LogP contribution in [-0.4, -0.2) is 17.7 Å². The van der Waals surface area contributed by atoms with Crippen molar-refractivity contribution in [1.82, 2.24) is 9.88 Å². The minimum absolute atomic E-state index is 0.0796. The van der Waals surface area contributed by atoms with Crippen LogP contribution in [0.4, 0.5) is 5.69 Å². The maximum atomic E-state index is 11.4. The number of nitrogens with one attached hydrogen (secondary N) is 1. The third-order valence-electron chi connectivity index (χ3n) is 2.16. The molecule has 1 aliphatic rings. The van der Waals surface area contributed by atoms with Crippen LogP contribution in [0.5, 0.6) is 0 Å². The summed E-state index contributed by atoms with van der Waals surface area (Å²) in [4.78, 5) is 11.4. The highest BCUT2D eigenvalue weighted by atomic mass is 16.1. The second-order valence-corrected chi connectivity index (χ2v) is 2.99. The molecule has 3 N–H and O–H groups in total. The van der Waals surface area contributed by atoms with Crippen LogP contribution in [-0.2, 0) is 0 Å². The summed E-state index contributed by atoms with van der Waals surface area (Å²) in [5.41, 5.74) is 5.73. The van der Waals surface area contributed by atoms with E-state index in [0.29, 0.717) is 11.7 Å². The second-order valence-electron chi connectivity index (χ2n) is 2.99. The van der Waals surface area contributed by atoms with E-state index in [2.05, 4.69) is 5.32 Å². The molecule has 1 saturated heterocycles. The molecule has 1 aromatic heterocycles. The number of aromatic nitrogens is 1. The van der Waals surface area contributed by atoms with Gasteiger partial charge in [-0.05, 0) is 12.1 Å². The summed E-state index contributed by atoms with van der Waals surface area (Å²) in [6, 6.07) is 3.72. The Morgan fingerprint density at radius 1 is 1.58 bits per heavy atom. The number of hydrogen-bond acceptors (Lipinski definition) is 3. The third kappa shape index (κ3) is 1.00. The molecular formula is C8H11N3O. The Labute approximate surface area is 70.0 Å². The van der Waals surface area contributed by atoms with E-state index in [1.165, 1.54) is 0 Å². The Kier molecular flexibility index (Phi) is 1.62. The molecule has 4 nitrogen and oxygen atoms in total. The van der Waals surface area contributed by atoms with Gasteiger partial charge in [-0.2, -0.15) is 0 Å². The van der Waals surface area contributed by atoms with Gasteiger partial charge in [0.05, 0.1) is 11.7 Å².